The SMILES string of the molecule is C[C@H](O)CNc1ncnc2sccc12. The van der Waals surface area contributed by atoms with Gasteiger partial charge >= 0.3 is 0 Å². The summed E-state index contributed by atoms with van der Waals surface area (Å²) in [5.74, 6) is 0.789. The zero-order valence-corrected chi connectivity index (χ0v) is 8.58. The molecule has 0 aliphatic carbocycles. The summed E-state index contributed by atoms with van der Waals surface area (Å²) >= 11 is 1.58. The zero-order chi connectivity index (χ0) is 9.97. The predicted molar refractivity (Wildman–Crippen MR) is 57.6 cm³/mol. The van der Waals surface area contributed by atoms with Crippen molar-refractivity contribution >= 4 is 27.4 Å². The number of rotatable bonds is 3. The Balaban J connectivity index is 2.27. The molecule has 5 heteroatoms. The van der Waals surface area contributed by atoms with Crippen molar-refractivity contribution in [3.63, 3.8) is 0 Å². The third kappa shape index (κ3) is 1.83. The molecule has 74 valence electrons. The lowest BCUT2D eigenvalue weighted by Gasteiger charge is -2.07. The van der Waals surface area contributed by atoms with Gasteiger partial charge in [-0.25, -0.2) is 9.97 Å². The molecule has 0 fully saturated rings. The van der Waals surface area contributed by atoms with Gasteiger partial charge in [0.2, 0.25) is 0 Å². The molecule has 0 amide bonds. The first-order chi connectivity index (χ1) is 6.77. The molecule has 2 aromatic heterocycles. The van der Waals surface area contributed by atoms with Gasteiger partial charge in [-0.05, 0) is 18.4 Å². The van der Waals surface area contributed by atoms with Crippen LogP contribution in [0.25, 0.3) is 10.2 Å². The molecule has 2 aromatic rings. The Hall–Kier alpha value is -1.20. The molecule has 2 N–H and O–H groups in total. The first kappa shape index (κ1) is 9.36. The van der Waals surface area contributed by atoms with E-state index in [2.05, 4.69) is 15.3 Å². The van der Waals surface area contributed by atoms with Gasteiger partial charge in [-0.2, -0.15) is 0 Å². The van der Waals surface area contributed by atoms with Gasteiger partial charge < -0.3 is 10.4 Å². The molecule has 0 saturated heterocycles. The van der Waals surface area contributed by atoms with Crippen molar-refractivity contribution in [3.8, 4) is 0 Å². The van der Waals surface area contributed by atoms with Crippen molar-refractivity contribution in [3.05, 3.63) is 17.8 Å². The Labute approximate surface area is 85.6 Å². The highest BCUT2D eigenvalue weighted by Gasteiger charge is 2.04. The lowest BCUT2D eigenvalue weighted by Crippen LogP contribution is -2.16. The zero-order valence-electron chi connectivity index (χ0n) is 7.77. The highest BCUT2D eigenvalue weighted by atomic mass is 32.1. The lowest BCUT2D eigenvalue weighted by atomic mass is 10.3. The summed E-state index contributed by atoms with van der Waals surface area (Å²) in [5.41, 5.74) is 0. The first-order valence-corrected chi connectivity index (χ1v) is 5.25. The first-order valence-electron chi connectivity index (χ1n) is 4.37. The standard InChI is InChI=1S/C9H11N3OS/c1-6(13)4-10-8-7-2-3-14-9(7)12-5-11-8/h2-3,5-6,13H,4H2,1H3,(H,10,11,12)/t6-/m0/s1. The van der Waals surface area contributed by atoms with Crippen LogP contribution in [0.2, 0.25) is 0 Å². The molecule has 0 bridgehead atoms. The number of thiophene rings is 1. The summed E-state index contributed by atoms with van der Waals surface area (Å²) in [4.78, 5) is 9.22. The molecule has 4 nitrogen and oxygen atoms in total. The minimum Gasteiger partial charge on any atom is -0.392 e. The molecule has 14 heavy (non-hydrogen) atoms. The van der Waals surface area contributed by atoms with Crippen LogP contribution in [0.3, 0.4) is 0 Å². The topological polar surface area (TPSA) is 58.0 Å². The van der Waals surface area contributed by atoms with Gasteiger partial charge in [0, 0.05) is 6.54 Å². The van der Waals surface area contributed by atoms with E-state index in [0.717, 1.165) is 16.0 Å². The van der Waals surface area contributed by atoms with Gasteiger partial charge in [0.1, 0.15) is 17.0 Å². The third-order valence-corrected chi connectivity index (χ3v) is 2.65. The summed E-state index contributed by atoms with van der Waals surface area (Å²) in [7, 11) is 0. The molecule has 1 atom stereocenters. The molecule has 0 radical (unpaired) electrons. The van der Waals surface area contributed by atoms with E-state index >= 15 is 0 Å². The summed E-state index contributed by atoms with van der Waals surface area (Å²) < 4.78 is 0. The van der Waals surface area contributed by atoms with Gasteiger partial charge in [-0.15, -0.1) is 11.3 Å². The van der Waals surface area contributed by atoms with E-state index in [-0.39, 0.29) is 6.10 Å². The molecule has 0 unspecified atom stereocenters. The van der Waals surface area contributed by atoms with Crippen molar-refractivity contribution < 1.29 is 5.11 Å². The van der Waals surface area contributed by atoms with E-state index in [0.29, 0.717) is 6.54 Å². The van der Waals surface area contributed by atoms with Crippen molar-refractivity contribution in [1.29, 1.82) is 0 Å². The maximum atomic E-state index is 9.13. The number of anilines is 1. The number of hydrogen-bond acceptors (Lipinski definition) is 5. The number of aliphatic hydroxyl groups is 1. The van der Waals surface area contributed by atoms with Gasteiger partial charge in [-0.1, -0.05) is 0 Å². The minimum atomic E-state index is -0.376. The van der Waals surface area contributed by atoms with Crippen LogP contribution in [0.4, 0.5) is 5.82 Å². The van der Waals surface area contributed by atoms with Gasteiger partial charge in [0.05, 0.1) is 11.5 Å². The van der Waals surface area contributed by atoms with Crippen LogP contribution in [0.5, 0.6) is 0 Å². The number of aliphatic hydroxyl groups excluding tert-OH is 1. The summed E-state index contributed by atoms with van der Waals surface area (Å²) in [6.07, 6.45) is 1.15. The van der Waals surface area contributed by atoms with Crippen LogP contribution in [-0.2, 0) is 0 Å². The Morgan fingerprint density at radius 2 is 2.43 bits per heavy atom. The molecule has 2 heterocycles. The second-order valence-corrected chi connectivity index (χ2v) is 3.99. The van der Waals surface area contributed by atoms with Crippen molar-refractivity contribution in [2.75, 3.05) is 11.9 Å². The van der Waals surface area contributed by atoms with Crippen molar-refractivity contribution in [2.45, 2.75) is 13.0 Å². The maximum Gasteiger partial charge on any atom is 0.138 e. The molecular weight excluding hydrogens is 198 g/mol. The Morgan fingerprint density at radius 3 is 3.21 bits per heavy atom. The Morgan fingerprint density at radius 1 is 1.57 bits per heavy atom. The molecule has 0 aliphatic heterocycles. The Bertz CT molecular complexity index is 427. The van der Waals surface area contributed by atoms with E-state index in [1.807, 2.05) is 11.4 Å². The van der Waals surface area contributed by atoms with Crippen LogP contribution in [0.15, 0.2) is 17.8 Å². The number of nitrogens with one attached hydrogen (secondary N) is 1. The number of fused-ring (bicyclic) bond motifs is 1. The van der Waals surface area contributed by atoms with Gasteiger partial charge in [0.15, 0.2) is 0 Å². The lowest BCUT2D eigenvalue weighted by molar-refractivity contribution is 0.208. The highest BCUT2D eigenvalue weighted by Crippen LogP contribution is 2.23. The second-order valence-electron chi connectivity index (χ2n) is 3.09. The van der Waals surface area contributed by atoms with E-state index in [9.17, 15) is 0 Å². The van der Waals surface area contributed by atoms with E-state index in [1.54, 1.807) is 18.3 Å². The van der Waals surface area contributed by atoms with E-state index in [4.69, 9.17) is 5.11 Å². The van der Waals surface area contributed by atoms with Crippen LogP contribution in [-0.4, -0.2) is 27.7 Å². The monoisotopic (exact) mass is 209 g/mol. The highest BCUT2D eigenvalue weighted by molar-refractivity contribution is 7.16. The molecule has 2 rings (SSSR count). The number of hydrogen-bond donors (Lipinski definition) is 2. The summed E-state index contributed by atoms with van der Waals surface area (Å²) in [6.45, 7) is 2.24. The van der Waals surface area contributed by atoms with E-state index < -0.39 is 0 Å². The van der Waals surface area contributed by atoms with Gasteiger partial charge in [-0.3, -0.25) is 0 Å². The Kier molecular flexibility index (Phi) is 2.60. The van der Waals surface area contributed by atoms with Gasteiger partial charge in [0.25, 0.3) is 0 Å². The molecule has 0 spiro atoms. The van der Waals surface area contributed by atoms with Crippen LogP contribution < -0.4 is 5.32 Å². The largest absolute Gasteiger partial charge is 0.392 e. The summed E-state index contributed by atoms with van der Waals surface area (Å²) in [5, 5.41) is 15.2. The number of aromatic nitrogens is 2. The second kappa shape index (κ2) is 3.89. The molecular formula is C9H11N3OS. The fourth-order valence-corrected chi connectivity index (χ4v) is 1.91. The average Bonchev–Trinajstić information content (AvgIpc) is 2.62. The van der Waals surface area contributed by atoms with Crippen LogP contribution >= 0.6 is 11.3 Å². The van der Waals surface area contributed by atoms with E-state index in [1.165, 1.54) is 6.33 Å². The molecule has 0 aliphatic rings. The van der Waals surface area contributed by atoms with Crippen molar-refractivity contribution in [2.24, 2.45) is 0 Å². The van der Waals surface area contributed by atoms with Crippen LogP contribution in [0, 0.1) is 0 Å². The quantitative estimate of drug-likeness (QED) is 0.804. The predicted octanol–water partition coefficient (Wildman–Crippen LogP) is 1.48. The average molecular weight is 209 g/mol. The molecule has 0 aromatic carbocycles. The fraction of sp³-hybridized carbons (Fsp3) is 0.333. The normalized spacial score (nSPS) is 13.0. The smallest absolute Gasteiger partial charge is 0.138 e. The molecule has 0 saturated carbocycles. The van der Waals surface area contributed by atoms with Crippen molar-refractivity contribution in [1.82, 2.24) is 9.97 Å². The summed E-state index contributed by atoms with van der Waals surface area (Å²) in [6, 6.07) is 1.98. The van der Waals surface area contributed by atoms with Crippen LogP contribution in [0.1, 0.15) is 6.92 Å². The number of nitrogens with zero attached hydrogens (tertiary/aromatic N) is 2. The third-order valence-electron chi connectivity index (χ3n) is 1.83. The minimum absolute atomic E-state index is 0.376. The maximum absolute atomic E-state index is 9.13. The fourth-order valence-electron chi connectivity index (χ4n) is 1.18.